The molecule has 1 aliphatic rings. The van der Waals surface area contributed by atoms with Crippen molar-refractivity contribution >= 4 is 12.1 Å². The average Bonchev–Trinajstić information content (AvgIpc) is 2.62. The van der Waals surface area contributed by atoms with Crippen LogP contribution in [0.25, 0.3) is 0 Å². The Balaban J connectivity index is 2.99. The number of likely N-dealkylation sites (tertiary alicyclic amines) is 1. The Labute approximate surface area is 94.3 Å². The molecule has 1 saturated heterocycles. The fourth-order valence-electron chi connectivity index (χ4n) is 2.19. The maximum Gasteiger partial charge on any atom is 0.410 e. The average molecular weight is 230 g/mol. The second kappa shape index (κ2) is 4.69. The second-order valence-corrected chi connectivity index (χ2v) is 3.97. The van der Waals surface area contributed by atoms with Crippen LogP contribution >= 0.6 is 0 Å². The first-order valence-electron chi connectivity index (χ1n) is 5.40. The van der Waals surface area contributed by atoms with Crippen LogP contribution in [-0.2, 0) is 9.53 Å². The summed E-state index contributed by atoms with van der Waals surface area (Å²) in [6.45, 7) is 3.89. The Morgan fingerprint density at radius 2 is 2.25 bits per heavy atom. The van der Waals surface area contributed by atoms with Gasteiger partial charge in [0.05, 0.1) is 6.61 Å². The van der Waals surface area contributed by atoms with Crippen LogP contribution < -0.4 is 5.73 Å². The summed E-state index contributed by atoms with van der Waals surface area (Å²) < 4.78 is 4.85. The van der Waals surface area contributed by atoms with Gasteiger partial charge in [0.15, 0.2) is 5.54 Å². The fourth-order valence-corrected chi connectivity index (χ4v) is 2.19. The maximum atomic E-state index is 11.7. The normalized spacial score (nSPS) is 26.6. The lowest BCUT2D eigenvalue weighted by Gasteiger charge is -2.36. The molecular formula is C10H18N2O4. The van der Waals surface area contributed by atoms with Gasteiger partial charge in [0.1, 0.15) is 0 Å². The first-order valence-corrected chi connectivity index (χ1v) is 5.40. The van der Waals surface area contributed by atoms with Gasteiger partial charge in [-0.05, 0) is 26.7 Å². The van der Waals surface area contributed by atoms with Crippen molar-refractivity contribution in [1.29, 1.82) is 0 Å². The number of rotatable bonds is 3. The number of hydrogen-bond acceptors (Lipinski definition) is 4. The summed E-state index contributed by atoms with van der Waals surface area (Å²) in [6, 6.07) is -0.628. The molecule has 1 aliphatic heterocycles. The highest BCUT2D eigenvalue weighted by Gasteiger charge is 2.53. The zero-order chi connectivity index (χ0) is 12.3. The monoisotopic (exact) mass is 230 g/mol. The number of amides is 1. The van der Waals surface area contributed by atoms with Crippen molar-refractivity contribution < 1.29 is 19.4 Å². The van der Waals surface area contributed by atoms with E-state index in [0.717, 1.165) is 0 Å². The predicted molar refractivity (Wildman–Crippen MR) is 57.0 cm³/mol. The van der Waals surface area contributed by atoms with Gasteiger partial charge in [-0.25, -0.2) is 9.59 Å². The molecule has 6 heteroatoms. The molecule has 1 amide bonds. The van der Waals surface area contributed by atoms with Crippen LogP contribution in [0.2, 0.25) is 0 Å². The fraction of sp³-hybridized carbons (Fsp3) is 0.800. The van der Waals surface area contributed by atoms with E-state index in [-0.39, 0.29) is 6.61 Å². The van der Waals surface area contributed by atoms with E-state index in [4.69, 9.17) is 10.5 Å². The smallest absolute Gasteiger partial charge is 0.410 e. The van der Waals surface area contributed by atoms with Crippen LogP contribution in [0.15, 0.2) is 0 Å². The van der Waals surface area contributed by atoms with Crippen molar-refractivity contribution in [3.63, 3.8) is 0 Å². The summed E-state index contributed by atoms with van der Waals surface area (Å²) in [4.78, 5) is 24.2. The van der Waals surface area contributed by atoms with E-state index in [2.05, 4.69) is 0 Å². The maximum absolute atomic E-state index is 11.7. The number of carbonyl (C=O) groups excluding carboxylic acids is 1. The Hall–Kier alpha value is -1.30. The molecule has 0 aromatic carbocycles. The topological polar surface area (TPSA) is 92.9 Å². The number of carboxylic acids is 1. The minimum atomic E-state index is -1.31. The van der Waals surface area contributed by atoms with E-state index in [1.807, 2.05) is 0 Å². The quantitative estimate of drug-likeness (QED) is 0.732. The number of aliphatic carboxylic acids is 1. The minimum Gasteiger partial charge on any atom is -0.479 e. The third kappa shape index (κ3) is 1.84. The van der Waals surface area contributed by atoms with Crippen LogP contribution in [0.1, 0.15) is 26.7 Å². The molecule has 0 radical (unpaired) electrons. The van der Waals surface area contributed by atoms with E-state index in [1.54, 1.807) is 13.8 Å². The zero-order valence-corrected chi connectivity index (χ0v) is 9.60. The first-order chi connectivity index (χ1) is 7.46. The van der Waals surface area contributed by atoms with Crippen molar-refractivity contribution in [3.8, 4) is 0 Å². The molecule has 0 bridgehead atoms. The van der Waals surface area contributed by atoms with Gasteiger partial charge in [0.25, 0.3) is 0 Å². The second-order valence-electron chi connectivity index (χ2n) is 3.97. The third-order valence-corrected chi connectivity index (χ3v) is 3.03. The Morgan fingerprint density at radius 3 is 2.69 bits per heavy atom. The van der Waals surface area contributed by atoms with Crippen molar-refractivity contribution in [2.75, 3.05) is 13.2 Å². The number of nitrogens with two attached hydrogens (primary N) is 1. The molecular weight excluding hydrogens is 212 g/mol. The van der Waals surface area contributed by atoms with Crippen LogP contribution in [0.4, 0.5) is 4.79 Å². The lowest BCUT2D eigenvalue weighted by atomic mass is 9.89. The lowest BCUT2D eigenvalue weighted by Crippen LogP contribution is -2.62. The van der Waals surface area contributed by atoms with Gasteiger partial charge < -0.3 is 15.6 Å². The Morgan fingerprint density at radius 1 is 1.62 bits per heavy atom. The van der Waals surface area contributed by atoms with Crippen LogP contribution in [-0.4, -0.2) is 46.8 Å². The molecule has 0 aromatic heterocycles. The highest BCUT2D eigenvalue weighted by atomic mass is 16.6. The summed E-state index contributed by atoms with van der Waals surface area (Å²) in [7, 11) is 0. The molecule has 0 spiro atoms. The SMILES string of the molecule is CCOC(=O)N1CCCC1(C(=O)O)C(C)N. The van der Waals surface area contributed by atoms with E-state index in [9.17, 15) is 14.7 Å². The molecule has 1 rings (SSSR count). The summed E-state index contributed by atoms with van der Waals surface area (Å²) in [5, 5.41) is 9.29. The van der Waals surface area contributed by atoms with Gasteiger partial charge in [-0.2, -0.15) is 0 Å². The third-order valence-electron chi connectivity index (χ3n) is 3.03. The van der Waals surface area contributed by atoms with E-state index < -0.39 is 23.6 Å². The number of nitrogens with zero attached hydrogens (tertiary/aromatic N) is 1. The minimum absolute atomic E-state index is 0.226. The molecule has 2 atom stereocenters. The summed E-state index contributed by atoms with van der Waals surface area (Å²) in [5.41, 5.74) is 4.41. The number of carboxylic acid groups (broad SMARTS) is 1. The van der Waals surface area contributed by atoms with Crippen LogP contribution in [0.5, 0.6) is 0 Å². The Bertz CT molecular complexity index is 293. The van der Waals surface area contributed by atoms with Gasteiger partial charge in [-0.15, -0.1) is 0 Å². The standard InChI is InChI=1S/C10H18N2O4/c1-3-16-9(15)12-6-4-5-10(12,7(2)11)8(13)14/h7H,3-6,11H2,1-2H3,(H,13,14). The largest absolute Gasteiger partial charge is 0.479 e. The van der Waals surface area contributed by atoms with Gasteiger partial charge in [-0.1, -0.05) is 0 Å². The number of hydrogen-bond donors (Lipinski definition) is 2. The molecule has 6 nitrogen and oxygen atoms in total. The van der Waals surface area contributed by atoms with Crippen molar-refractivity contribution in [2.24, 2.45) is 5.73 Å². The molecule has 3 N–H and O–H groups in total. The molecule has 0 saturated carbocycles. The molecule has 2 unspecified atom stereocenters. The highest BCUT2D eigenvalue weighted by molar-refractivity contribution is 5.86. The molecule has 1 heterocycles. The molecule has 1 fully saturated rings. The summed E-state index contributed by atoms with van der Waals surface area (Å²) in [5.74, 6) is -1.06. The predicted octanol–water partition coefficient (Wildman–Crippen LogP) is 0.409. The molecule has 92 valence electrons. The first kappa shape index (κ1) is 12.8. The Kier molecular flexibility index (Phi) is 3.74. The van der Waals surface area contributed by atoms with Gasteiger partial charge >= 0.3 is 12.1 Å². The molecule has 0 aliphatic carbocycles. The number of carbonyl (C=O) groups is 2. The van der Waals surface area contributed by atoms with Gasteiger partial charge in [0.2, 0.25) is 0 Å². The van der Waals surface area contributed by atoms with Crippen LogP contribution in [0.3, 0.4) is 0 Å². The van der Waals surface area contributed by atoms with Crippen molar-refractivity contribution in [3.05, 3.63) is 0 Å². The lowest BCUT2D eigenvalue weighted by molar-refractivity contribution is -0.150. The molecule has 16 heavy (non-hydrogen) atoms. The van der Waals surface area contributed by atoms with E-state index >= 15 is 0 Å². The van der Waals surface area contributed by atoms with Crippen molar-refractivity contribution in [1.82, 2.24) is 4.90 Å². The van der Waals surface area contributed by atoms with Gasteiger partial charge in [-0.3, -0.25) is 4.90 Å². The summed E-state index contributed by atoms with van der Waals surface area (Å²) >= 11 is 0. The molecule has 0 aromatic rings. The van der Waals surface area contributed by atoms with Gasteiger partial charge in [0, 0.05) is 12.6 Å². The summed E-state index contributed by atoms with van der Waals surface area (Å²) in [6.07, 6.45) is 0.408. The van der Waals surface area contributed by atoms with Crippen molar-refractivity contribution in [2.45, 2.75) is 38.3 Å². The van der Waals surface area contributed by atoms with E-state index in [0.29, 0.717) is 19.4 Å². The number of ether oxygens (including phenoxy) is 1. The van der Waals surface area contributed by atoms with E-state index in [1.165, 1.54) is 4.90 Å². The highest BCUT2D eigenvalue weighted by Crippen LogP contribution is 2.32. The van der Waals surface area contributed by atoms with Crippen LogP contribution in [0, 0.1) is 0 Å². The zero-order valence-electron chi connectivity index (χ0n) is 9.60.